The number of carbonyl (C=O) groups excluding carboxylic acids is 3. The number of carbonyl (C=O) groups is 3. The van der Waals surface area contributed by atoms with E-state index in [0.29, 0.717) is 59.6 Å². The number of hydrogen-bond donors (Lipinski definition) is 3. The second-order valence-corrected chi connectivity index (χ2v) is 13.9. The van der Waals surface area contributed by atoms with Crippen molar-refractivity contribution >= 4 is 23.5 Å². The van der Waals surface area contributed by atoms with Gasteiger partial charge in [0, 0.05) is 54.2 Å². The average molecular weight is 731 g/mol. The number of nitrogens with one attached hydrogen (secondary N) is 2. The number of aliphatic hydroxyl groups excluding tert-OH is 1. The lowest BCUT2D eigenvalue weighted by Crippen LogP contribution is -2.66. The first-order valence-electron chi connectivity index (χ1n) is 17.4. The van der Waals surface area contributed by atoms with Crippen LogP contribution in [0.2, 0.25) is 0 Å². The number of fused-ring (bicyclic) bond motifs is 1. The van der Waals surface area contributed by atoms with Gasteiger partial charge in [0.1, 0.15) is 17.7 Å². The molecule has 1 aliphatic carbocycles. The molecule has 1 saturated carbocycles. The van der Waals surface area contributed by atoms with Crippen LogP contribution in [0, 0.1) is 11.2 Å². The van der Waals surface area contributed by atoms with Crippen molar-refractivity contribution in [2.45, 2.75) is 50.6 Å². The minimum absolute atomic E-state index is 0.0921. The molecule has 3 aromatic carbocycles. The molecule has 0 radical (unpaired) electrons. The van der Waals surface area contributed by atoms with E-state index in [0.717, 1.165) is 25.0 Å². The molecule has 3 heterocycles. The molecular weight excluding hydrogens is 692 g/mol. The molecule has 1 spiro atoms. The maximum atomic E-state index is 14.5. The predicted octanol–water partition coefficient (Wildman–Crippen LogP) is 4.96. The number of benzene rings is 3. The fourth-order valence-electron chi connectivity index (χ4n) is 7.68. The topological polar surface area (TPSA) is 120 Å². The lowest BCUT2D eigenvalue weighted by atomic mass is 9.61. The molecule has 2 aliphatic heterocycles. The summed E-state index contributed by atoms with van der Waals surface area (Å²) in [6, 6.07) is 16.9. The number of aromatic nitrogens is 2. The second kappa shape index (κ2) is 13.9. The first-order valence-corrected chi connectivity index (χ1v) is 17.4. The van der Waals surface area contributed by atoms with Crippen LogP contribution in [0.25, 0.3) is 5.69 Å². The number of anilines is 1. The number of halogens is 4. The zero-order valence-corrected chi connectivity index (χ0v) is 28.9. The van der Waals surface area contributed by atoms with E-state index >= 15 is 0 Å². The summed E-state index contributed by atoms with van der Waals surface area (Å²) in [5.41, 5.74) is 0.750. The molecule has 3 unspecified atom stereocenters. The molecule has 14 heteroatoms. The largest absolute Gasteiger partial charge is 0.416 e. The van der Waals surface area contributed by atoms with Gasteiger partial charge in [-0.1, -0.05) is 43.0 Å². The number of likely N-dealkylation sites (tertiary alicyclic amines) is 1. The Morgan fingerprint density at radius 3 is 2.38 bits per heavy atom. The SMILES string of the molecule is C=C(CN1CC2(CCC2O)C1)C(=O)NCc1nn(-c2ccccc2)c2c1C(c1ccc(F)cc1)C(NC(=O)c1cccc(C(F)(F)F)c1)C(=O)N2CC. The molecule has 53 heavy (non-hydrogen) atoms. The Bertz CT molecular complexity index is 2060. The zero-order valence-electron chi connectivity index (χ0n) is 28.9. The first kappa shape index (κ1) is 36.0. The number of hydrogen-bond acceptors (Lipinski definition) is 6. The molecule has 4 aromatic rings. The van der Waals surface area contributed by atoms with E-state index < -0.39 is 47.2 Å². The van der Waals surface area contributed by atoms with Gasteiger partial charge in [-0.15, -0.1) is 0 Å². The zero-order chi connectivity index (χ0) is 37.7. The lowest BCUT2D eigenvalue weighted by molar-refractivity contribution is -0.155. The highest BCUT2D eigenvalue weighted by Crippen LogP contribution is 2.48. The van der Waals surface area contributed by atoms with Crippen molar-refractivity contribution in [3.8, 4) is 5.69 Å². The van der Waals surface area contributed by atoms with Gasteiger partial charge in [0.15, 0.2) is 0 Å². The molecule has 2 fully saturated rings. The van der Waals surface area contributed by atoms with Crippen LogP contribution in [-0.4, -0.2) is 75.8 Å². The van der Waals surface area contributed by atoms with Crippen molar-refractivity contribution in [3.63, 3.8) is 0 Å². The Hall–Kier alpha value is -5.34. The molecule has 1 saturated heterocycles. The van der Waals surface area contributed by atoms with Crippen LogP contribution < -0.4 is 15.5 Å². The molecule has 10 nitrogen and oxygen atoms in total. The molecule has 3 aliphatic rings. The Balaban J connectivity index is 1.26. The quantitative estimate of drug-likeness (QED) is 0.157. The van der Waals surface area contributed by atoms with Gasteiger partial charge in [-0.25, -0.2) is 9.07 Å². The van der Waals surface area contributed by atoms with Gasteiger partial charge in [0.2, 0.25) is 5.91 Å². The van der Waals surface area contributed by atoms with Crippen LogP contribution in [0.1, 0.15) is 58.4 Å². The summed E-state index contributed by atoms with van der Waals surface area (Å²) in [4.78, 5) is 45.0. The third-order valence-corrected chi connectivity index (χ3v) is 10.5. The fraction of sp³-hybridized carbons (Fsp3) is 0.333. The van der Waals surface area contributed by atoms with Crippen LogP contribution >= 0.6 is 0 Å². The Morgan fingerprint density at radius 2 is 1.75 bits per heavy atom. The van der Waals surface area contributed by atoms with Gasteiger partial charge in [0.25, 0.3) is 11.8 Å². The molecular formula is C39H38F4N6O4. The molecule has 0 bridgehead atoms. The van der Waals surface area contributed by atoms with E-state index in [1.165, 1.54) is 35.2 Å². The monoisotopic (exact) mass is 730 g/mol. The van der Waals surface area contributed by atoms with E-state index in [-0.39, 0.29) is 30.2 Å². The molecule has 3 amide bonds. The molecule has 3 N–H and O–H groups in total. The van der Waals surface area contributed by atoms with E-state index in [9.17, 15) is 37.1 Å². The van der Waals surface area contributed by atoms with Gasteiger partial charge in [-0.05, 0) is 67.8 Å². The number of amides is 3. The standard InChI is InChI=1S/C39H38F4N6O4/c1-3-48-36-32(31(24-12-14-27(40)15-13-24)33(37(48)53)45-35(52)25-8-7-9-26(18-25)39(41,42)43)29(46-49(36)28-10-5-4-6-11-28)19-44-34(51)23(2)20-47-21-38(22-47)17-16-30(38)50/h4-15,18,30-31,33,50H,2-3,16-17,19-22H2,1H3,(H,44,51)(H,45,52). The molecule has 1 aromatic heterocycles. The number of nitrogens with zero attached hydrogens (tertiary/aromatic N) is 4. The van der Waals surface area contributed by atoms with Crippen LogP contribution in [0.5, 0.6) is 0 Å². The highest BCUT2D eigenvalue weighted by molar-refractivity contribution is 6.05. The molecule has 3 atom stereocenters. The molecule has 276 valence electrons. The van der Waals surface area contributed by atoms with Gasteiger partial charge in [0.05, 0.1) is 29.6 Å². The number of aliphatic hydroxyl groups is 1. The van der Waals surface area contributed by atoms with Crippen molar-refractivity contribution in [3.05, 3.63) is 125 Å². The van der Waals surface area contributed by atoms with Gasteiger partial charge in [-0.2, -0.15) is 18.3 Å². The Morgan fingerprint density at radius 1 is 1.04 bits per heavy atom. The summed E-state index contributed by atoms with van der Waals surface area (Å²) >= 11 is 0. The highest BCUT2D eigenvalue weighted by atomic mass is 19.4. The van der Waals surface area contributed by atoms with Gasteiger partial charge >= 0.3 is 6.18 Å². The fourth-order valence-corrected chi connectivity index (χ4v) is 7.68. The number of rotatable bonds is 10. The van der Waals surface area contributed by atoms with Crippen molar-refractivity contribution in [2.24, 2.45) is 5.41 Å². The number of alkyl halides is 3. The number of para-hydroxylation sites is 1. The summed E-state index contributed by atoms with van der Waals surface area (Å²) < 4.78 is 56.5. The van der Waals surface area contributed by atoms with Crippen LogP contribution in [-0.2, 0) is 22.3 Å². The lowest BCUT2D eigenvalue weighted by Gasteiger charge is -2.59. The Kier molecular flexibility index (Phi) is 9.45. The maximum absolute atomic E-state index is 14.5. The van der Waals surface area contributed by atoms with Crippen molar-refractivity contribution in [1.29, 1.82) is 0 Å². The average Bonchev–Trinajstić information content (AvgIpc) is 3.50. The van der Waals surface area contributed by atoms with Crippen molar-refractivity contribution < 1.29 is 37.1 Å². The van der Waals surface area contributed by atoms with Crippen molar-refractivity contribution in [1.82, 2.24) is 25.3 Å². The summed E-state index contributed by atoms with van der Waals surface area (Å²) in [6.07, 6.45) is -3.29. The smallest absolute Gasteiger partial charge is 0.392 e. The van der Waals surface area contributed by atoms with Crippen LogP contribution in [0.15, 0.2) is 91.0 Å². The minimum Gasteiger partial charge on any atom is -0.392 e. The third kappa shape index (κ3) is 6.72. The van der Waals surface area contributed by atoms with E-state index in [2.05, 4.69) is 22.1 Å². The first-order chi connectivity index (χ1) is 25.3. The summed E-state index contributed by atoms with van der Waals surface area (Å²) in [6.45, 7) is 7.43. The van der Waals surface area contributed by atoms with Crippen LogP contribution in [0.4, 0.5) is 23.4 Å². The summed E-state index contributed by atoms with van der Waals surface area (Å²) in [5, 5.41) is 20.6. The third-order valence-electron chi connectivity index (χ3n) is 10.5. The van der Waals surface area contributed by atoms with E-state index in [4.69, 9.17) is 5.10 Å². The summed E-state index contributed by atoms with van der Waals surface area (Å²) in [5.74, 6) is -3.05. The van der Waals surface area contributed by atoms with Gasteiger partial charge in [-0.3, -0.25) is 24.2 Å². The van der Waals surface area contributed by atoms with Crippen molar-refractivity contribution in [2.75, 3.05) is 31.1 Å². The van der Waals surface area contributed by atoms with E-state index in [1.807, 2.05) is 6.07 Å². The normalized spacial score (nSPS) is 20.7. The van der Waals surface area contributed by atoms with E-state index in [1.54, 1.807) is 35.9 Å². The predicted molar refractivity (Wildman–Crippen MR) is 188 cm³/mol. The highest BCUT2D eigenvalue weighted by Gasteiger charge is 2.54. The maximum Gasteiger partial charge on any atom is 0.416 e. The minimum atomic E-state index is -4.70. The molecule has 7 rings (SSSR count). The second-order valence-electron chi connectivity index (χ2n) is 13.9. The summed E-state index contributed by atoms with van der Waals surface area (Å²) in [7, 11) is 0. The Labute approximate surface area is 303 Å². The van der Waals surface area contributed by atoms with Gasteiger partial charge < -0.3 is 15.7 Å². The number of likely N-dealkylation sites (N-methyl/N-ethyl adjacent to an activating group) is 1. The van der Waals surface area contributed by atoms with Crippen LogP contribution in [0.3, 0.4) is 0 Å².